The van der Waals surface area contributed by atoms with Crippen LogP contribution in [0.25, 0.3) is 0 Å². The van der Waals surface area contributed by atoms with Crippen LogP contribution < -0.4 is 5.73 Å². The third kappa shape index (κ3) is 5.17. The van der Waals surface area contributed by atoms with Crippen LogP contribution in [0.2, 0.25) is 0 Å². The zero-order valence-electron chi connectivity index (χ0n) is 20.0. The van der Waals surface area contributed by atoms with Crippen molar-refractivity contribution in [1.29, 1.82) is 0 Å². The lowest BCUT2D eigenvalue weighted by Crippen LogP contribution is -2.42. The summed E-state index contributed by atoms with van der Waals surface area (Å²) in [5.41, 5.74) is 9.61. The van der Waals surface area contributed by atoms with Crippen molar-refractivity contribution in [2.45, 2.75) is 69.6 Å². The number of rotatable bonds is 6. The van der Waals surface area contributed by atoms with E-state index < -0.39 is 13.0 Å². The molecule has 6 nitrogen and oxygen atoms in total. The largest absolute Gasteiger partial charge is 0.464 e. The molecular formula is C26H36N3O3P. The van der Waals surface area contributed by atoms with Crippen molar-refractivity contribution >= 4 is 19.0 Å². The van der Waals surface area contributed by atoms with Gasteiger partial charge in [0.05, 0.1) is 11.4 Å². The van der Waals surface area contributed by atoms with Gasteiger partial charge in [0.2, 0.25) is 13.3 Å². The number of hydrogen-bond donors (Lipinski definition) is 2. The van der Waals surface area contributed by atoms with Gasteiger partial charge in [0.1, 0.15) is 11.3 Å². The summed E-state index contributed by atoms with van der Waals surface area (Å²) in [6.45, 7) is 7.71. The summed E-state index contributed by atoms with van der Waals surface area (Å²) in [5, 5.41) is 0. The normalized spacial score (nSPS) is 29.6. The van der Waals surface area contributed by atoms with Crippen LogP contribution in [0.4, 0.5) is 0 Å². The second kappa shape index (κ2) is 9.23. The Hall–Kier alpha value is -2.17. The summed E-state index contributed by atoms with van der Waals surface area (Å²) in [7, 11) is -1.26. The van der Waals surface area contributed by atoms with Crippen molar-refractivity contribution in [1.82, 2.24) is 0 Å². The molecule has 1 aromatic rings. The third-order valence-electron chi connectivity index (χ3n) is 7.18. The molecule has 1 aromatic carbocycles. The Morgan fingerprint density at radius 2 is 1.88 bits per heavy atom. The molecule has 2 saturated carbocycles. The van der Waals surface area contributed by atoms with Gasteiger partial charge in [-0.3, -0.25) is 9.56 Å². The van der Waals surface area contributed by atoms with Crippen LogP contribution >= 0.6 is 7.37 Å². The van der Waals surface area contributed by atoms with Gasteiger partial charge in [-0.15, -0.1) is 0 Å². The number of allylic oxidation sites excluding steroid dienone is 1. The Bertz CT molecular complexity index is 1040. The molecule has 2 aliphatic carbocycles. The maximum absolute atomic E-state index is 12.5. The van der Waals surface area contributed by atoms with Gasteiger partial charge in [-0.05, 0) is 75.8 Å². The second-order valence-electron chi connectivity index (χ2n) is 10.1. The molecule has 178 valence electrons. The Morgan fingerprint density at radius 3 is 2.42 bits per heavy atom. The first-order chi connectivity index (χ1) is 15.6. The number of aliphatic imine (C=N–C) groups is 2. The lowest BCUT2D eigenvalue weighted by Gasteiger charge is -2.34. The fourth-order valence-corrected chi connectivity index (χ4v) is 7.43. The third-order valence-corrected chi connectivity index (χ3v) is 9.88. The van der Waals surface area contributed by atoms with Gasteiger partial charge in [-0.25, -0.2) is 4.99 Å². The summed E-state index contributed by atoms with van der Waals surface area (Å²) in [4.78, 5) is 19.3. The Balaban J connectivity index is 1.47. The molecule has 0 saturated heterocycles. The van der Waals surface area contributed by atoms with E-state index in [1.165, 1.54) is 5.56 Å². The molecule has 3 N–H and O–H groups in total. The maximum atomic E-state index is 12.5. The molecule has 1 heterocycles. The first kappa shape index (κ1) is 24.0. The lowest BCUT2D eigenvalue weighted by molar-refractivity contribution is 0.163. The summed E-state index contributed by atoms with van der Waals surface area (Å²) >= 11 is 0. The Labute approximate surface area is 197 Å². The zero-order chi connectivity index (χ0) is 23.8. The molecule has 4 rings (SSSR count). The highest BCUT2D eigenvalue weighted by Gasteiger charge is 2.41. The van der Waals surface area contributed by atoms with Crippen LogP contribution in [0.15, 0.2) is 58.3 Å². The SMILES string of the molecule is C=C/C(N)=C1/N=C(c2ccc(C3CCC(CP(=O)(O)C4CC4)CC3)cc2)C(C)(C)OC1=NC. The number of nitrogens with two attached hydrogens (primary N) is 1. The standard InChI is InChI=1S/C26H36N3O3P/c1-5-22(27)23-25(28-4)32-26(2,3)24(29-23)20-12-10-19(11-13-20)18-8-6-17(7-9-18)16-33(30,31)21-14-15-21/h5,10-13,17-18,21H,1,6-9,14-16,27H2,2-4H3,(H,30,31)/b23-22-,28-25?. The van der Waals surface area contributed by atoms with Crippen LogP contribution in [-0.4, -0.2) is 41.0 Å². The van der Waals surface area contributed by atoms with E-state index in [9.17, 15) is 9.46 Å². The number of ether oxygens (including phenoxy) is 1. The van der Waals surface area contributed by atoms with Gasteiger partial charge < -0.3 is 15.4 Å². The zero-order valence-corrected chi connectivity index (χ0v) is 20.9. The van der Waals surface area contributed by atoms with Crippen LogP contribution in [0.5, 0.6) is 0 Å². The van der Waals surface area contributed by atoms with Gasteiger partial charge in [0.25, 0.3) is 0 Å². The van der Waals surface area contributed by atoms with Crippen molar-refractivity contribution in [2.24, 2.45) is 21.6 Å². The Kier molecular flexibility index (Phi) is 6.70. The predicted molar refractivity (Wildman–Crippen MR) is 135 cm³/mol. The molecule has 3 aliphatic rings. The highest BCUT2D eigenvalue weighted by atomic mass is 31.2. The Morgan fingerprint density at radius 1 is 1.24 bits per heavy atom. The molecular weight excluding hydrogens is 433 g/mol. The van der Waals surface area contributed by atoms with E-state index in [2.05, 4.69) is 35.8 Å². The van der Waals surface area contributed by atoms with Crippen LogP contribution in [0.3, 0.4) is 0 Å². The fourth-order valence-electron chi connectivity index (χ4n) is 5.07. The van der Waals surface area contributed by atoms with Gasteiger partial charge >= 0.3 is 0 Å². The van der Waals surface area contributed by atoms with E-state index >= 15 is 0 Å². The molecule has 0 radical (unpaired) electrons. The molecule has 1 unspecified atom stereocenters. The van der Waals surface area contributed by atoms with Crippen LogP contribution in [0.1, 0.15) is 69.4 Å². The summed E-state index contributed by atoms with van der Waals surface area (Å²) < 4.78 is 18.6. The molecule has 0 bridgehead atoms. The van der Waals surface area contributed by atoms with E-state index in [0.717, 1.165) is 49.8 Å². The van der Waals surface area contributed by atoms with Gasteiger partial charge in [-0.1, -0.05) is 30.8 Å². The van der Waals surface area contributed by atoms with Gasteiger partial charge in [0, 0.05) is 24.4 Å². The smallest absolute Gasteiger partial charge is 0.238 e. The minimum atomic E-state index is -2.92. The van der Waals surface area contributed by atoms with E-state index in [1.807, 2.05) is 13.8 Å². The van der Waals surface area contributed by atoms with E-state index in [4.69, 9.17) is 15.5 Å². The van der Waals surface area contributed by atoms with E-state index in [1.54, 1.807) is 13.1 Å². The molecule has 1 atom stereocenters. The predicted octanol–water partition coefficient (Wildman–Crippen LogP) is 5.38. The average Bonchev–Trinajstić information content (AvgIpc) is 3.65. The number of nitrogens with zero attached hydrogens (tertiary/aromatic N) is 2. The van der Waals surface area contributed by atoms with Crippen molar-refractivity contribution in [3.05, 3.63) is 59.4 Å². The lowest BCUT2D eigenvalue weighted by atomic mass is 9.79. The summed E-state index contributed by atoms with van der Waals surface area (Å²) in [6, 6.07) is 8.58. The average molecular weight is 470 g/mol. The number of benzene rings is 1. The highest BCUT2D eigenvalue weighted by Crippen LogP contribution is 2.59. The van der Waals surface area contributed by atoms with Crippen molar-refractivity contribution in [3.63, 3.8) is 0 Å². The summed E-state index contributed by atoms with van der Waals surface area (Å²) in [5.74, 6) is 1.31. The quantitative estimate of drug-likeness (QED) is 0.547. The minimum absolute atomic E-state index is 0.0931. The van der Waals surface area contributed by atoms with Crippen molar-refractivity contribution < 1.29 is 14.2 Å². The van der Waals surface area contributed by atoms with Crippen LogP contribution in [-0.2, 0) is 9.30 Å². The van der Waals surface area contributed by atoms with Crippen molar-refractivity contribution in [3.8, 4) is 0 Å². The first-order valence-corrected chi connectivity index (χ1v) is 13.9. The van der Waals surface area contributed by atoms with E-state index in [-0.39, 0.29) is 5.66 Å². The van der Waals surface area contributed by atoms with E-state index in [0.29, 0.717) is 35.3 Å². The van der Waals surface area contributed by atoms with Gasteiger partial charge in [-0.2, -0.15) is 0 Å². The maximum Gasteiger partial charge on any atom is 0.238 e. The summed E-state index contributed by atoms with van der Waals surface area (Å²) in [6.07, 6.45) is 8.16. The molecule has 7 heteroatoms. The monoisotopic (exact) mass is 469 g/mol. The molecule has 2 fully saturated rings. The van der Waals surface area contributed by atoms with Crippen LogP contribution in [0, 0.1) is 5.92 Å². The van der Waals surface area contributed by atoms with Crippen molar-refractivity contribution in [2.75, 3.05) is 13.2 Å². The number of hydrogen-bond acceptors (Lipinski definition) is 5. The molecule has 1 aliphatic heterocycles. The second-order valence-corrected chi connectivity index (χ2v) is 12.7. The molecule has 0 aromatic heterocycles. The van der Waals surface area contributed by atoms with Gasteiger partial charge in [0.15, 0.2) is 0 Å². The highest BCUT2D eigenvalue weighted by molar-refractivity contribution is 7.59. The first-order valence-electron chi connectivity index (χ1n) is 11.9. The molecule has 33 heavy (non-hydrogen) atoms. The molecule has 0 amide bonds. The minimum Gasteiger partial charge on any atom is -0.464 e. The molecule has 0 spiro atoms. The fraction of sp³-hybridized carbons (Fsp3) is 0.538. The topological polar surface area (TPSA) is 97.3 Å².